The normalized spacial score (nSPS) is 37.2. The molecule has 5 atom stereocenters. The van der Waals surface area contributed by atoms with Crippen molar-refractivity contribution in [3.63, 3.8) is 0 Å². The average Bonchev–Trinajstić information content (AvgIpc) is 2.99. The predicted molar refractivity (Wildman–Crippen MR) is 126 cm³/mol. The monoisotopic (exact) mass is 398 g/mol. The Bertz CT molecular complexity index is 646. The van der Waals surface area contributed by atoms with Gasteiger partial charge in [-0.15, -0.1) is 0 Å². The summed E-state index contributed by atoms with van der Waals surface area (Å²) < 4.78 is 0. The van der Waals surface area contributed by atoms with Gasteiger partial charge in [-0.3, -0.25) is 0 Å². The van der Waals surface area contributed by atoms with Gasteiger partial charge in [0.25, 0.3) is 0 Å². The molecule has 164 valence electrons. The molecule has 4 unspecified atom stereocenters. The molecule has 0 aromatic heterocycles. The van der Waals surface area contributed by atoms with Gasteiger partial charge in [0.2, 0.25) is 0 Å². The smallest absolute Gasteiger partial charge is 0.0591 e. The third-order valence-corrected chi connectivity index (χ3v) is 8.63. The van der Waals surface area contributed by atoms with Crippen molar-refractivity contribution in [2.75, 3.05) is 0 Å². The van der Waals surface area contributed by atoms with E-state index in [4.69, 9.17) is 0 Å². The molecule has 29 heavy (non-hydrogen) atoms. The van der Waals surface area contributed by atoms with Crippen molar-refractivity contribution in [3.05, 3.63) is 35.5 Å². The fourth-order valence-corrected chi connectivity index (χ4v) is 6.87. The molecule has 0 radical (unpaired) electrons. The van der Waals surface area contributed by atoms with Crippen LogP contribution in [0.25, 0.3) is 0 Å². The zero-order valence-electron chi connectivity index (χ0n) is 19.9. The maximum Gasteiger partial charge on any atom is 0.0591 e. The molecule has 3 fully saturated rings. The second kappa shape index (κ2) is 9.13. The number of allylic oxidation sites excluding steroid dienone is 5. The van der Waals surface area contributed by atoms with Gasteiger partial charge < -0.3 is 5.11 Å². The molecule has 1 nitrogen and oxygen atoms in total. The number of hydrogen-bond acceptors (Lipinski definition) is 1. The molecule has 0 aromatic carbocycles. The highest BCUT2D eigenvalue weighted by Gasteiger charge is 2.50. The van der Waals surface area contributed by atoms with Gasteiger partial charge in [0.1, 0.15) is 0 Å². The first-order chi connectivity index (χ1) is 13.6. The van der Waals surface area contributed by atoms with Gasteiger partial charge in [0, 0.05) is 0 Å². The third-order valence-electron chi connectivity index (χ3n) is 8.63. The first kappa shape index (κ1) is 22.9. The molecular formula is C28H46O. The fourth-order valence-electron chi connectivity index (χ4n) is 6.87. The second-order valence-electron chi connectivity index (χ2n) is 11.7. The van der Waals surface area contributed by atoms with Gasteiger partial charge >= 0.3 is 0 Å². The molecule has 0 aromatic rings. The van der Waals surface area contributed by atoms with Gasteiger partial charge in [0.05, 0.1) is 5.60 Å². The maximum absolute atomic E-state index is 10.1. The highest BCUT2D eigenvalue weighted by Crippen LogP contribution is 2.60. The van der Waals surface area contributed by atoms with E-state index in [1.165, 1.54) is 68.9 Å². The topological polar surface area (TPSA) is 20.2 Å². The lowest BCUT2D eigenvalue weighted by molar-refractivity contribution is 0.0597. The van der Waals surface area contributed by atoms with Crippen LogP contribution in [0.4, 0.5) is 0 Å². The highest BCUT2D eigenvalue weighted by atomic mass is 16.3. The fraction of sp³-hybridized carbons (Fsp3) is 0.786. The van der Waals surface area contributed by atoms with E-state index in [0.717, 1.165) is 36.5 Å². The molecule has 0 aliphatic heterocycles. The zero-order chi connectivity index (χ0) is 21.2. The number of fused-ring (bicyclic) bond motifs is 1. The van der Waals surface area contributed by atoms with E-state index in [1.807, 2.05) is 13.8 Å². The minimum Gasteiger partial charge on any atom is -0.390 e. The van der Waals surface area contributed by atoms with Crippen LogP contribution in [0, 0.1) is 29.1 Å². The molecular weight excluding hydrogens is 352 g/mol. The minimum atomic E-state index is -0.517. The van der Waals surface area contributed by atoms with Crippen LogP contribution in [0.3, 0.4) is 0 Å². The number of hydrogen-bond donors (Lipinski definition) is 1. The summed E-state index contributed by atoms with van der Waals surface area (Å²) in [6.07, 6.45) is 18.8. The Morgan fingerprint density at radius 1 is 1.21 bits per heavy atom. The van der Waals surface area contributed by atoms with E-state index < -0.39 is 5.60 Å². The largest absolute Gasteiger partial charge is 0.390 e. The van der Waals surface area contributed by atoms with Crippen LogP contribution in [-0.2, 0) is 0 Å². The second-order valence-corrected chi connectivity index (χ2v) is 11.7. The van der Waals surface area contributed by atoms with Gasteiger partial charge in [-0.2, -0.15) is 0 Å². The minimum absolute atomic E-state index is 0.480. The summed E-state index contributed by atoms with van der Waals surface area (Å²) in [5.41, 5.74) is 4.58. The van der Waals surface area contributed by atoms with Crippen LogP contribution < -0.4 is 0 Å². The highest BCUT2D eigenvalue weighted by molar-refractivity contribution is 5.36. The van der Waals surface area contributed by atoms with Crippen LogP contribution in [0.15, 0.2) is 35.5 Å². The number of rotatable bonds is 6. The molecule has 3 rings (SSSR count). The van der Waals surface area contributed by atoms with Gasteiger partial charge in [-0.05, 0) is 106 Å². The molecule has 3 aliphatic carbocycles. The Morgan fingerprint density at radius 3 is 2.69 bits per heavy atom. The lowest BCUT2D eigenvalue weighted by Crippen LogP contribution is -2.36. The molecule has 0 bridgehead atoms. The van der Waals surface area contributed by atoms with Crippen molar-refractivity contribution >= 4 is 0 Å². The Labute approximate surface area is 180 Å². The Kier molecular flexibility index (Phi) is 7.19. The first-order valence-electron chi connectivity index (χ1n) is 12.4. The van der Waals surface area contributed by atoms with E-state index in [2.05, 4.69) is 39.5 Å². The van der Waals surface area contributed by atoms with E-state index in [1.54, 1.807) is 5.57 Å². The summed E-state index contributed by atoms with van der Waals surface area (Å²) >= 11 is 0. The van der Waals surface area contributed by atoms with E-state index >= 15 is 0 Å². The van der Waals surface area contributed by atoms with Crippen LogP contribution in [-0.4, -0.2) is 10.7 Å². The summed E-state index contributed by atoms with van der Waals surface area (Å²) in [6, 6.07) is 0. The summed E-state index contributed by atoms with van der Waals surface area (Å²) in [7, 11) is 0. The molecule has 0 amide bonds. The Morgan fingerprint density at radius 2 is 1.97 bits per heavy atom. The summed E-state index contributed by atoms with van der Waals surface area (Å²) in [4.78, 5) is 0. The van der Waals surface area contributed by atoms with Crippen molar-refractivity contribution in [1.82, 2.24) is 0 Å². The standard InChI is InChI=1S/C28H46O/c1-20-11-12-21(2)24(19-20)14-13-23-10-8-18-28(6)25(15-16-26(23)28)22(3)9-7-17-27(4,5)29/h13-14,20,22,25-26,29H,2,7-12,15-19H2,1,3-6H3/b23-13+,24-14-/t20?,22-,25?,26?,28?/m0/s1. The van der Waals surface area contributed by atoms with Crippen LogP contribution in [0.2, 0.25) is 0 Å². The third kappa shape index (κ3) is 5.46. The Hall–Kier alpha value is -0.820. The first-order valence-corrected chi connectivity index (χ1v) is 12.4. The SMILES string of the molecule is C=C1CCC(C)C/C1=C/C=C1\CCCC2(C)C1CCC2[C@@H](C)CCCC(C)(C)O. The zero-order valence-corrected chi connectivity index (χ0v) is 19.9. The van der Waals surface area contributed by atoms with Crippen molar-refractivity contribution < 1.29 is 5.11 Å². The summed E-state index contributed by atoms with van der Waals surface area (Å²) in [5.74, 6) is 3.20. The average molecular weight is 399 g/mol. The molecule has 0 saturated heterocycles. The predicted octanol–water partition coefficient (Wildman–Crippen LogP) is 8.01. The van der Waals surface area contributed by atoms with E-state index in [-0.39, 0.29) is 0 Å². The maximum atomic E-state index is 10.1. The van der Waals surface area contributed by atoms with E-state index in [0.29, 0.717) is 5.41 Å². The molecule has 3 aliphatic rings. The summed E-state index contributed by atoms with van der Waals surface area (Å²) in [5, 5.41) is 10.1. The van der Waals surface area contributed by atoms with Crippen LogP contribution in [0.5, 0.6) is 0 Å². The summed E-state index contributed by atoms with van der Waals surface area (Å²) in [6.45, 7) is 15.7. The van der Waals surface area contributed by atoms with Crippen molar-refractivity contribution in [2.45, 2.75) is 111 Å². The lowest BCUT2D eigenvalue weighted by Gasteiger charge is -2.44. The van der Waals surface area contributed by atoms with Gasteiger partial charge in [0.15, 0.2) is 0 Å². The molecule has 3 saturated carbocycles. The van der Waals surface area contributed by atoms with Crippen molar-refractivity contribution in [1.29, 1.82) is 0 Å². The lowest BCUT2D eigenvalue weighted by atomic mass is 9.60. The van der Waals surface area contributed by atoms with Crippen LogP contribution in [0.1, 0.15) is 105 Å². The van der Waals surface area contributed by atoms with Crippen molar-refractivity contribution in [3.8, 4) is 0 Å². The molecule has 1 N–H and O–H groups in total. The van der Waals surface area contributed by atoms with E-state index in [9.17, 15) is 5.11 Å². The van der Waals surface area contributed by atoms with Crippen molar-refractivity contribution in [2.24, 2.45) is 29.1 Å². The quantitative estimate of drug-likeness (QED) is 0.480. The molecule has 1 heteroatoms. The van der Waals surface area contributed by atoms with Crippen LogP contribution >= 0.6 is 0 Å². The molecule has 0 heterocycles. The van der Waals surface area contributed by atoms with Gasteiger partial charge in [-0.1, -0.05) is 63.5 Å². The number of aliphatic hydroxyl groups is 1. The molecule has 0 spiro atoms. The van der Waals surface area contributed by atoms with Gasteiger partial charge in [-0.25, -0.2) is 0 Å². The Balaban J connectivity index is 1.68.